The van der Waals surface area contributed by atoms with Crippen molar-refractivity contribution in [2.45, 2.75) is 20.4 Å². The van der Waals surface area contributed by atoms with Crippen LogP contribution in [0.2, 0.25) is 0 Å². The molecule has 0 aliphatic heterocycles. The summed E-state index contributed by atoms with van der Waals surface area (Å²) < 4.78 is 6.98. The minimum Gasteiger partial charge on any atom is -0.467 e. The molecule has 0 aliphatic rings. The smallest absolute Gasteiger partial charge is 0.182 e. The number of nitrogens with zero attached hydrogens (tertiary/aromatic N) is 4. The van der Waals surface area contributed by atoms with Crippen LogP contribution in [-0.4, -0.2) is 19.7 Å². The third-order valence-corrected chi connectivity index (χ3v) is 3.08. The van der Waals surface area contributed by atoms with Gasteiger partial charge in [0.05, 0.1) is 18.5 Å². The number of furan rings is 1. The van der Waals surface area contributed by atoms with E-state index >= 15 is 0 Å². The van der Waals surface area contributed by atoms with Gasteiger partial charge in [0.2, 0.25) is 0 Å². The molecule has 0 saturated carbocycles. The van der Waals surface area contributed by atoms with E-state index in [0.717, 1.165) is 17.1 Å². The van der Waals surface area contributed by atoms with E-state index in [1.54, 1.807) is 10.9 Å². The molecule has 21 heavy (non-hydrogen) atoms. The summed E-state index contributed by atoms with van der Waals surface area (Å²) in [7, 11) is 0. The molecule has 7 heteroatoms. The van der Waals surface area contributed by atoms with E-state index < -0.39 is 0 Å². The highest BCUT2D eigenvalue weighted by Gasteiger charge is 2.13. The molecule has 0 radical (unpaired) electrons. The van der Waals surface area contributed by atoms with E-state index in [-0.39, 0.29) is 0 Å². The van der Waals surface area contributed by atoms with E-state index in [2.05, 4.69) is 20.4 Å². The summed E-state index contributed by atoms with van der Waals surface area (Å²) in [5.74, 6) is 1.93. The molecule has 0 fully saturated rings. The van der Waals surface area contributed by atoms with Crippen molar-refractivity contribution in [3.63, 3.8) is 0 Å². The summed E-state index contributed by atoms with van der Waals surface area (Å²) in [4.78, 5) is 8.40. The molecule has 3 aromatic rings. The van der Waals surface area contributed by atoms with Gasteiger partial charge in [0.15, 0.2) is 11.6 Å². The summed E-state index contributed by atoms with van der Waals surface area (Å²) in [6.07, 6.45) is 3.09. The van der Waals surface area contributed by atoms with E-state index in [1.165, 1.54) is 6.33 Å². The molecule has 108 valence electrons. The van der Waals surface area contributed by atoms with Crippen molar-refractivity contribution in [2.75, 3.05) is 11.1 Å². The van der Waals surface area contributed by atoms with Crippen LogP contribution in [0.4, 0.5) is 11.5 Å². The Bertz CT molecular complexity index is 747. The average molecular weight is 284 g/mol. The fraction of sp³-hybridized carbons (Fsp3) is 0.214. The SMILES string of the molecule is Cc1cc(C)n(-c2ncnc(NCc3ccco3)c2N)n1. The van der Waals surface area contributed by atoms with Crippen molar-refractivity contribution in [3.8, 4) is 5.82 Å². The van der Waals surface area contributed by atoms with Gasteiger partial charge in [0.1, 0.15) is 17.8 Å². The summed E-state index contributed by atoms with van der Waals surface area (Å²) in [5, 5.41) is 7.53. The third-order valence-electron chi connectivity index (χ3n) is 3.08. The number of anilines is 2. The Morgan fingerprint density at radius 2 is 2.19 bits per heavy atom. The van der Waals surface area contributed by atoms with Crippen molar-refractivity contribution in [1.82, 2.24) is 19.7 Å². The predicted octanol–water partition coefficient (Wildman–Crippen LogP) is 2.07. The van der Waals surface area contributed by atoms with E-state index in [9.17, 15) is 0 Å². The first-order valence-electron chi connectivity index (χ1n) is 6.55. The molecule has 0 aliphatic carbocycles. The molecule has 3 heterocycles. The number of aromatic nitrogens is 4. The standard InChI is InChI=1S/C14H16N6O/c1-9-6-10(2)20(19-9)14-12(15)13(17-8-18-14)16-7-11-4-3-5-21-11/h3-6,8H,7,15H2,1-2H3,(H,16,17,18). The normalized spacial score (nSPS) is 10.8. The van der Waals surface area contributed by atoms with Crippen molar-refractivity contribution in [1.29, 1.82) is 0 Å². The van der Waals surface area contributed by atoms with Gasteiger partial charge < -0.3 is 15.5 Å². The first kappa shape index (κ1) is 13.2. The largest absolute Gasteiger partial charge is 0.467 e. The Kier molecular flexibility index (Phi) is 3.31. The molecule has 0 bridgehead atoms. The van der Waals surface area contributed by atoms with E-state index in [4.69, 9.17) is 10.2 Å². The van der Waals surface area contributed by atoms with Crippen LogP contribution in [0.3, 0.4) is 0 Å². The minimum absolute atomic E-state index is 0.454. The Morgan fingerprint density at radius 3 is 2.86 bits per heavy atom. The van der Waals surface area contributed by atoms with Gasteiger partial charge in [0.25, 0.3) is 0 Å². The topological polar surface area (TPSA) is 94.8 Å². The predicted molar refractivity (Wildman–Crippen MR) is 79.1 cm³/mol. The number of rotatable bonds is 4. The maximum atomic E-state index is 6.15. The van der Waals surface area contributed by atoms with Gasteiger partial charge in [-0.1, -0.05) is 0 Å². The van der Waals surface area contributed by atoms with Crippen LogP contribution >= 0.6 is 0 Å². The van der Waals surface area contributed by atoms with Crippen LogP contribution in [0.1, 0.15) is 17.1 Å². The molecule has 0 amide bonds. The van der Waals surface area contributed by atoms with Gasteiger partial charge in [-0.05, 0) is 32.0 Å². The third kappa shape index (κ3) is 2.58. The first-order chi connectivity index (χ1) is 10.1. The first-order valence-corrected chi connectivity index (χ1v) is 6.55. The van der Waals surface area contributed by atoms with Gasteiger partial charge in [-0.25, -0.2) is 14.6 Å². The Hall–Kier alpha value is -2.83. The van der Waals surface area contributed by atoms with Gasteiger partial charge in [-0.3, -0.25) is 0 Å². The van der Waals surface area contributed by atoms with Crippen LogP contribution in [0, 0.1) is 13.8 Å². The lowest BCUT2D eigenvalue weighted by Crippen LogP contribution is -2.11. The maximum Gasteiger partial charge on any atom is 0.182 e. The summed E-state index contributed by atoms with van der Waals surface area (Å²) in [6, 6.07) is 5.69. The second-order valence-electron chi connectivity index (χ2n) is 4.73. The molecule has 3 aromatic heterocycles. The van der Waals surface area contributed by atoms with Crippen molar-refractivity contribution < 1.29 is 4.42 Å². The quantitative estimate of drug-likeness (QED) is 0.761. The van der Waals surface area contributed by atoms with Crippen molar-refractivity contribution >= 4 is 11.5 Å². The molecular formula is C14H16N6O. The van der Waals surface area contributed by atoms with Crippen LogP contribution in [0.5, 0.6) is 0 Å². The zero-order valence-electron chi connectivity index (χ0n) is 11.9. The zero-order chi connectivity index (χ0) is 14.8. The lowest BCUT2D eigenvalue weighted by Gasteiger charge is -2.11. The Balaban J connectivity index is 1.90. The lowest BCUT2D eigenvalue weighted by molar-refractivity contribution is 0.518. The molecule has 3 N–H and O–H groups in total. The van der Waals surface area contributed by atoms with Gasteiger partial charge in [-0.2, -0.15) is 5.10 Å². The maximum absolute atomic E-state index is 6.15. The van der Waals surface area contributed by atoms with Crippen molar-refractivity contribution in [3.05, 3.63) is 47.9 Å². The highest BCUT2D eigenvalue weighted by atomic mass is 16.3. The van der Waals surface area contributed by atoms with Gasteiger partial charge >= 0.3 is 0 Å². The molecule has 0 unspecified atom stereocenters. The van der Waals surface area contributed by atoms with Crippen LogP contribution in [0.15, 0.2) is 35.2 Å². The fourth-order valence-corrected chi connectivity index (χ4v) is 2.12. The van der Waals surface area contributed by atoms with Crippen LogP contribution < -0.4 is 11.1 Å². The number of hydrogen-bond donors (Lipinski definition) is 2. The fourth-order valence-electron chi connectivity index (χ4n) is 2.12. The molecule has 0 aromatic carbocycles. The number of nitrogens with two attached hydrogens (primary N) is 1. The molecule has 7 nitrogen and oxygen atoms in total. The molecule has 3 rings (SSSR count). The zero-order valence-corrected chi connectivity index (χ0v) is 11.9. The summed E-state index contributed by atoms with van der Waals surface area (Å²) in [5.41, 5.74) is 8.49. The molecular weight excluding hydrogens is 268 g/mol. The number of hydrogen-bond acceptors (Lipinski definition) is 6. The van der Waals surface area contributed by atoms with Gasteiger partial charge in [0, 0.05) is 5.69 Å². The van der Waals surface area contributed by atoms with E-state index in [0.29, 0.717) is 23.9 Å². The highest BCUT2D eigenvalue weighted by molar-refractivity contribution is 5.69. The Labute approximate surface area is 121 Å². The van der Waals surface area contributed by atoms with Crippen LogP contribution in [0.25, 0.3) is 5.82 Å². The van der Waals surface area contributed by atoms with Gasteiger partial charge in [-0.15, -0.1) is 0 Å². The van der Waals surface area contributed by atoms with Crippen LogP contribution in [-0.2, 0) is 6.54 Å². The second-order valence-corrected chi connectivity index (χ2v) is 4.73. The summed E-state index contributed by atoms with van der Waals surface area (Å²) >= 11 is 0. The number of aryl methyl sites for hydroxylation is 2. The van der Waals surface area contributed by atoms with E-state index in [1.807, 2.05) is 32.0 Å². The monoisotopic (exact) mass is 284 g/mol. The van der Waals surface area contributed by atoms with Crippen molar-refractivity contribution in [2.24, 2.45) is 0 Å². The minimum atomic E-state index is 0.454. The lowest BCUT2D eigenvalue weighted by atomic mass is 10.3. The summed E-state index contributed by atoms with van der Waals surface area (Å²) in [6.45, 7) is 4.39. The number of nitrogen functional groups attached to an aromatic ring is 1. The second kappa shape index (κ2) is 5.28. The average Bonchev–Trinajstić information content (AvgIpc) is 3.07. The Morgan fingerprint density at radius 1 is 1.33 bits per heavy atom. The molecule has 0 saturated heterocycles. The highest BCUT2D eigenvalue weighted by Crippen LogP contribution is 2.23. The molecule has 0 spiro atoms. The molecule has 0 atom stereocenters. The number of nitrogens with one attached hydrogen (secondary N) is 1.